The number of rotatable bonds is 6. The Kier molecular flexibility index (Phi) is 5.44. The number of ether oxygens (including phenoxy) is 2. The number of ketones is 1. The molecule has 7 heteroatoms. The van der Waals surface area contributed by atoms with Gasteiger partial charge in [-0.25, -0.2) is 4.79 Å². The summed E-state index contributed by atoms with van der Waals surface area (Å²) in [7, 11) is 1.52. The van der Waals surface area contributed by atoms with Crippen LogP contribution in [0.2, 0.25) is 0 Å². The molecule has 28 heavy (non-hydrogen) atoms. The molecule has 7 nitrogen and oxygen atoms in total. The highest BCUT2D eigenvalue weighted by molar-refractivity contribution is 6.19. The fourth-order valence-electron chi connectivity index (χ4n) is 2.86. The third-order valence-electron chi connectivity index (χ3n) is 4.37. The van der Waals surface area contributed by atoms with Crippen LogP contribution in [0.1, 0.15) is 27.6 Å². The fraction of sp³-hybridized carbons (Fsp3) is 0.190. The van der Waals surface area contributed by atoms with Crippen molar-refractivity contribution in [3.05, 3.63) is 71.0 Å². The number of aliphatic hydroxyl groups is 1. The number of carbonyl (C=O) groups is 3. The summed E-state index contributed by atoms with van der Waals surface area (Å²) >= 11 is 0. The van der Waals surface area contributed by atoms with Crippen LogP contribution in [0.25, 0.3) is 0 Å². The van der Waals surface area contributed by atoms with E-state index in [1.165, 1.54) is 24.1 Å². The van der Waals surface area contributed by atoms with Crippen LogP contribution in [0.3, 0.4) is 0 Å². The zero-order chi connectivity index (χ0) is 20.3. The summed E-state index contributed by atoms with van der Waals surface area (Å²) in [5.74, 6) is -1.53. The second-order valence-corrected chi connectivity index (χ2v) is 6.04. The Labute approximate surface area is 161 Å². The molecule has 0 spiro atoms. The first-order valence-corrected chi connectivity index (χ1v) is 8.66. The third-order valence-corrected chi connectivity index (χ3v) is 4.37. The molecule has 1 heterocycles. The lowest BCUT2D eigenvalue weighted by atomic mass is 10.0. The minimum absolute atomic E-state index is 0.0182. The Balaban J connectivity index is 1.79. The summed E-state index contributed by atoms with van der Waals surface area (Å²) < 4.78 is 9.99. The molecule has 1 aliphatic rings. The average molecular weight is 381 g/mol. The summed E-state index contributed by atoms with van der Waals surface area (Å²) in [6.45, 7) is 1.92. The summed E-state index contributed by atoms with van der Waals surface area (Å²) in [6, 6.07) is 12.6. The molecule has 2 aromatic carbocycles. The van der Waals surface area contributed by atoms with Gasteiger partial charge in [0.05, 0.1) is 31.4 Å². The molecule has 1 N–H and O–H groups in total. The molecule has 0 unspecified atom stereocenters. The third kappa shape index (κ3) is 3.59. The van der Waals surface area contributed by atoms with Crippen molar-refractivity contribution < 1.29 is 29.0 Å². The van der Waals surface area contributed by atoms with Gasteiger partial charge in [0.1, 0.15) is 5.75 Å². The minimum atomic E-state index is -0.666. The van der Waals surface area contributed by atoms with Gasteiger partial charge in [0.2, 0.25) is 0 Å². The van der Waals surface area contributed by atoms with Crippen molar-refractivity contribution in [2.75, 3.05) is 25.2 Å². The van der Waals surface area contributed by atoms with Gasteiger partial charge in [-0.05, 0) is 55.5 Å². The normalized spacial score (nSPS) is 13.6. The maximum absolute atomic E-state index is 12.7. The number of benzene rings is 2. The van der Waals surface area contributed by atoms with Crippen LogP contribution in [-0.4, -0.2) is 43.0 Å². The predicted molar refractivity (Wildman–Crippen MR) is 102 cm³/mol. The Hall–Kier alpha value is -3.61. The summed E-state index contributed by atoms with van der Waals surface area (Å²) in [5.41, 5.74) is 1.17. The van der Waals surface area contributed by atoms with Crippen molar-refractivity contribution in [3.8, 4) is 5.75 Å². The highest BCUT2D eigenvalue weighted by Gasteiger charge is 2.35. The largest absolute Gasteiger partial charge is 0.503 e. The van der Waals surface area contributed by atoms with Crippen LogP contribution in [0.4, 0.5) is 5.69 Å². The van der Waals surface area contributed by atoms with Gasteiger partial charge in [-0.15, -0.1) is 0 Å². The molecule has 0 radical (unpaired) electrons. The SMILES string of the molecule is CCOC(=O)c1ccc(N2CC(C(=O)c3ccc(OC)cc3)=C(O)C2=O)cc1. The van der Waals surface area contributed by atoms with Crippen molar-refractivity contribution in [3.63, 3.8) is 0 Å². The van der Waals surface area contributed by atoms with Gasteiger partial charge in [0.25, 0.3) is 5.91 Å². The number of methoxy groups -OCH3 is 1. The number of hydrogen-bond donors (Lipinski definition) is 1. The van der Waals surface area contributed by atoms with E-state index in [1.807, 2.05) is 0 Å². The number of aliphatic hydroxyl groups excluding tert-OH is 1. The summed E-state index contributed by atoms with van der Waals surface area (Å²) in [6.07, 6.45) is 0. The maximum atomic E-state index is 12.7. The highest BCUT2D eigenvalue weighted by atomic mass is 16.5. The summed E-state index contributed by atoms with van der Waals surface area (Å²) in [5, 5.41) is 10.2. The Morgan fingerprint density at radius 1 is 1.04 bits per heavy atom. The van der Waals surface area contributed by atoms with Crippen LogP contribution in [0.15, 0.2) is 59.9 Å². The first-order valence-electron chi connectivity index (χ1n) is 8.66. The molecule has 2 aromatic rings. The quantitative estimate of drug-likeness (QED) is 0.611. The number of Topliss-reactive ketones (excluding diaryl/α,β-unsaturated/α-hetero) is 1. The topological polar surface area (TPSA) is 93.1 Å². The van der Waals surface area contributed by atoms with E-state index in [0.717, 1.165) is 0 Å². The average Bonchev–Trinajstić information content (AvgIpc) is 3.02. The fourth-order valence-corrected chi connectivity index (χ4v) is 2.86. The Morgan fingerprint density at radius 3 is 2.21 bits per heavy atom. The molecular formula is C21H19NO6. The number of hydrogen-bond acceptors (Lipinski definition) is 6. The van der Waals surface area contributed by atoms with Crippen molar-refractivity contribution in [1.82, 2.24) is 0 Å². The first-order chi connectivity index (χ1) is 13.5. The lowest BCUT2D eigenvalue weighted by Gasteiger charge is -2.16. The number of nitrogens with zero attached hydrogens (tertiary/aromatic N) is 1. The van der Waals surface area contributed by atoms with Gasteiger partial charge < -0.3 is 19.5 Å². The second kappa shape index (κ2) is 7.96. The van der Waals surface area contributed by atoms with Gasteiger partial charge in [-0.1, -0.05) is 0 Å². The molecule has 3 rings (SSSR count). The van der Waals surface area contributed by atoms with E-state index in [1.54, 1.807) is 43.3 Å². The second-order valence-electron chi connectivity index (χ2n) is 6.04. The molecule has 144 valence electrons. The molecular weight excluding hydrogens is 362 g/mol. The lowest BCUT2D eigenvalue weighted by molar-refractivity contribution is -0.116. The molecule has 0 fully saturated rings. The first kappa shape index (κ1) is 19.2. The zero-order valence-electron chi connectivity index (χ0n) is 15.5. The van der Waals surface area contributed by atoms with Crippen LogP contribution in [0.5, 0.6) is 5.75 Å². The van der Waals surface area contributed by atoms with Crippen LogP contribution in [0, 0.1) is 0 Å². The smallest absolute Gasteiger partial charge is 0.338 e. The van der Waals surface area contributed by atoms with Crippen molar-refractivity contribution in [2.45, 2.75) is 6.92 Å². The summed E-state index contributed by atoms with van der Waals surface area (Å²) in [4.78, 5) is 38.1. The Morgan fingerprint density at radius 2 is 1.64 bits per heavy atom. The van der Waals surface area contributed by atoms with E-state index >= 15 is 0 Å². The van der Waals surface area contributed by atoms with Gasteiger partial charge in [0, 0.05) is 11.3 Å². The van der Waals surface area contributed by atoms with Gasteiger partial charge in [-0.2, -0.15) is 0 Å². The molecule has 0 saturated heterocycles. The van der Waals surface area contributed by atoms with Gasteiger partial charge >= 0.3 is 5.97 Å². The van der Waals surface area contributed by atoms with Gasteiger partial charge in [0.15, 0.2) is 11.5 Å². The molecule has 0 saturated carbocycles. The number of amides is 1. The predicted octanol–water partition coefficient (Wildman–Crippen LogP) is 2.91. The molecule has 0 aliphatic carbocycles. The van der Waals surface area contributed by atoms with E-state index in [-0.39, 0.29) is 18.7 Å². The van der Waals surface area contributed by atoms with E-state index in [2.05, 4.69) is 0 Å². The Bertz CT molecular complexity index is 944. The molecule has 0 bridgehead atoms. The van der Waals surface area contributed by atoms with Crippen molar-refractivity contribution in [1.29, 1.82) is 0 Å². The number of anilines is 1. The molecule has 1 amide bonds. The molecule has 0 aromatic heterocycles. The molecule has 0 atom stereocenters. The monoisotopic (exact) mass is 381 g/mol. The van der Waals surface area contributed by atoms with Crippen LogP contribution >= 0.6 is 0 Å². The van der Waals surface area contributed by atoms with Crippen LogP contribution in [-0.2, 0) is 9.53 Å². The van der Waals surface area contributed by atoms with Crippen LogP contribution < -0.4 is 9.64 Å². The minimum Gasteiger partial charge on any atom is -0.503 e. The van der Waals surface area contributed by atoms with E-state index in [0.29, 0.717) is 22.6 Å². The standard InChI is InChI=1S/C21H19NO6/c1-3-28-21(26)14-4-8-15(9-5-14)22-12-17(19(24)20(22)25)18(23)13-6-10-16(27-2)11-7-13/h4-11,24H,3,12H2,1-2H3. The number of carbonyl (C=O) groups excluding carboxylic acids is 3. The van der Waals surface area contributed by atoms with E-state index in [4.69, 9.17) is 9.47 Å². The maximum Gasteiger partial charge on any atom is 0.338 e. The number of esters is 1. The highest BCUT2D eigenvalue weighted by Crippen LogP contribution is 2.27. The zero-order valence-corrected chi connectivity index (χ0v) is 15.5. The van der Waals surface area contributed by atoms with Crippen molar-refractivity contribution >= 4 is 23.3 Å². The van der Waals surface area contributed by atoms with E-state index in [9.17, 15) is 19.5 Å². The molecule has 1 aliphatic heterocycles. The lowest BCUT2D eigenvalue weighted by Crippen LogP contribution is -2.27. The van der Waals surface area contributed by atoms with Crippen molar-refractivity contribution in [2.24, 2.45) is 0 Å². The van der Waals surface area contributed by atoms with Gasteiger partial charge in [-0.3, -0.25) is 9.59 Å². The van der Waals surface area contributed by atoms with E-state index < -0.39 is 23.4 Å².